The van der Waals surface area contributed by atoms with Gasteiger partial charge in [-0.15, -0.1) is 0 Å². The quantitative estimate of drug-likeness (QED) is 0.842. The standard InChI is InChI=1S/C13H18F2N2O/c1-13(2,8-17-12(18)5-6-16)10-4-3-9(14)7-11(10)15/h3-4,7H,5-6,8,16H2,1-2H3,(H,17,18). The van der Waals surface area contributed by atoms with Gasteiger partial charge in [0.2, 0.25) is 5.91 Å². The average Bonchev–Trinajstić information content (AvgIpc) is 2.26. The summed E-state index contributed by atoms with van der Waals surface area (Å²) in [5.74, 6) is -1.39. The fourth-order valence-corrected chi connectivity index (χ4v) is 1.67. The van der Waals surface area contributed by atoms with E-state index in [-0.39, 0.29) is 25.4 Å². The summed E-state index contributed by atoms with van der Waals surface area (Å²) in [5, 5.41) is 2.68. The first kappa shape index (κ1) is 14.6. The van der Waals surface area contributed by atoms with Crippen molar-refractivity contribution in [3.63, 3.8) is 0 Å². The van der Waals surface area contributed by atoms with Crippen LogP contribution in [0, 0.1) is 11.6 Å². The van der Waals surface area contributed by atoms with Crippen molar-refractivity contribution < 1.29 is 13.6 Å². The Morgan fingerprint density at radius 3 is 2.61 bits per heavy atom. The molecule has 3 nitrogen and oxygen atoms in total. The Bertz CT molecular complexity index is 433. The summed E-state index contributed by atoms with van der Waals surface area (Å²) < 4.78 is 26.5. The molecule has 1 rings (SSSR count). The molecule has 5 heteroatoms. The third-order valence-corrected chi connectivity index (χ3v) is 2.76. The molecule has 0 heterocycles. The highest BCUT2D eigenvalue weighted by atomic mass is 19.1. The number of benzene rings is 1. The number of nitrogens with one attached hydrogen (secondary N) is 1. The third kappa shape index (κ3) is 3.77. The van der Waals surface area contributed by atoms with Crippen molar-refractivity contribution >= 4 is 5.91 Å². The predicted octanol–water partition coefficient (Wildman–Crippen LogP) is 1.71. The molecule has 18 heavy (non-hydrogen) atoms. The van der Waals surface area contributed by atoms with Gasteiger partial charge in [-0.25, -0.2) is 8.78 Å². The lowest BCUT2D eigenvalue weighted by Crippen LogP contribution is -2.37. The molecule has 0 fully saturated rings. The Morgan fingerprint density at radius 2 is 2.06 bits per heavy atom. The minimum Gasteiger partial charge on any atom is -0.355 e. The third-order valence-electron chi connectivity index (χ3n) is 2.76. The summed E-state index contributed by atoms with van der Waals surface area (Å²) >= 11 is 0. The Labute approximate surface area is 105 Å². The summed E-state index contributed by atoms with van der Waals surface area (Å²) in [6, 6.07) is 3.46. The summed E-state index contributed by atoms with van der Waals surface area (Å²) in [4.78, 5) is 11.3. The molecule has 0 unspecified atom stereocenters. The van der Waals surface area contributed by atoms with E-state index in [9.17, 15) is 13.6 Å². The molecule has 0 saturated heterocycles. The molecule has 0 aromatic heterocycles. The van der Waals surface area contributed by atoms with Crippen molar-refractivity contribution in [2.45, 2.75) is 25.7 Å². The van der Waals surface area contributed by atoms with Crippen LogP contribution in [0.15, 0.2) is 18.2 Å². The van der Waals surface area contributed by atoms with Crippen LogP contribution in [0.3, 0.4) is 0 Å². The lowest BCUT2D eigenvalue weighted by molar-refractivity contribution is -0.121. The van der Waals surface area contributed by atoms with Crippen LogP contribution < -0.4 is 11.1 Å². The molecule has 0 bridgehead atoms. The van der Waals surface area contributed by atoms with E-state index >= 15 is 0 Å². The van der Waals surface area contributed by atoms with E-state index < -0.39 is 17.0 Å². The van der Waals surface area contributed by atoms with Crippen LogP contribution in [0.5, 0.6) is 0 Å². The van der Waals surface area contributed by atoms with Crippen molar-refractivity contribution in [1.82, 2.24) is 5.32 Å². The lowest BCUT2D eigenvalue weighted by atomic mass is 9.84. The van der Waals surface area contributed by atoms with Gasteiger partial charge in [-0.05, 0) is 11.6 Å². The molecular weight excluding hydrogens is 238 g/mol. The summed E-state index contributed by atoms with van der Waals surface area (Å²) in [5.41, 5.74) is 5.02. The van der Waals surface area contributed by atoms with E-state index in [1.165, 1.54) is 12.1 Å². The van der Waals surface area contributed by atoms with Crippen molar-refractivity contribution in [3.05, 3.63) is 35.4 Å². The van der Waals surface area contributed by atoms with Crippen molar-refractivity contribution in [1.29, 1.82) is 0 Å². The molecule has 3 N–H and O–H groups in total. The van der Waals surface area contributed by atoms with Crippen LogP contribution in [0.25, 0.3) is 0 Å². The second kappa shape index (κ2) is 5.91. The van der Waals surface area contributed by atoms with E-state index in [1.807, 2.05) is 0 Å². The fraction of sp³-hybridized carbons (Fsp3) is 0.462. The molecule has 0 aliphatic heterocycles. The van der Waals surface area contributed by atoms with Gasteiger partial charge in [0, 0.05) is 31.0 Å². The van der Waals surface area contributed by atoms with E-state index in [0.717, 1.165) is 6.07 Å². The van der Waals surface area contributed by atoms with Crippen molar-refractivity contribution in [3.8, 4) is 0 Å². The first-order chi connectivity index (χ1) is 8.36. The Hall–Kier alpha value is -1.49. The molecule has 0 saturated carbocycles. The van der Waals surface area contributed by atoms with Gasteiger partial charge >= 0.3 is 0 Å². The minimum absolute atomic E-state index is 0.173. The van der Waals surface area contributed by atoms with Gasteiger partial charge in [-0.3, -0.25) is 4.79 Å². The SMILES string of the molecule is CC(C)(CNC(=O)CCN)c1ccc(F)cc1F. The molecule has 0 atom stereocenters. The largest absolute Gasteiger partial charge is 0.355 e. The molecular formula is C13H18F2N2O. The molecule has 1 aromatic carbocycles. The molecule has 0 aliphatic carbocycles. The monoisotopic (exact) mass is 256 g/mol. The van der Waals surface area contributed by atoms with Crippen molar-refractivity contribution in [2.24, 2.45) is 5.73 Å². The number of hydrogen-bond donors (Lipinski definition) is 2. The van der Waals surface area contributed by atoms with Gasteiger partial charge in [0.25, 0.3) is 0 Å². The van der Waals surface area contributed by atoms with Gasteiger partial charge in [0.05, 0.1) is 0 Å². The van der Waals surface area contributed by atoms with Gasteiger partial charge < -0.3 is 11.1 Å². The normalized spacial score (nSPS) is 11.4. The van der Waals surface area contributed by atoms with Gasteiger partial charge in [-0.1, -0.05) is 19.9 Å². The van der Waals surface area contributed by atoms with Crippen LogP contribution in [0.4, 0.5) is 8.78 Å². The van der Waals surface area contributed by atoms with Gasteiger partial charge in [-0.2, -0.15) is 0 Å². The topological polar surface area (TPSA) is 55.1 Å². The summed E-state index contributed by atoms with van der Waals surface area (Å²) in [6.45, 7) is 4.11. The lowest BCUT2D eigenvalue weighted by Gasteiger charge is -2.26. The predicted molar refractivity (Wildman–Crippen MR) is 66.1 cm³/mol. The van der Waals surface area contributed by atoms with Crippen LogP contribution in [-0.2, 0) is 10.2 Å². The van der Waals surface area contributed by atoms with Crippen LogP contribution in [-0.4, -0.2) is 19.0 Å². The number of carbonyl (C=O) groups excluding carboxylic acids is 1. The van der Waals surface area contributed by atoms with E-state index in [2.05, 4.69) is 5.32 Å². The maximum atomic E-state index is 13.6. The van der Waals surface area contributed by atoms with Crippen LogP contribution in [0.2, 0.25) is 0 Å². The zero-order valence-corrected chi connectivity index (χ0v) is 10.6. The average molecular weight is 256 g/mol. The molecule has 1 amide bonds. The smallest absolute Gasteiger partial charge is 0.221 e. The summed E-state index contributed by atoms with van der Waals surface area (Å²) in [7, 11) is 0. The fourth-order valence-electron chi connectivity index (χ4n) is 1.67. The second-order valence-corrected chi connectivity index (χ2v) is 4.82. The molecule has 1 aromatic rings. The molecule has 100 valence electrons. The number of rotatable bonds is 5. The van der Waals surface area contributed by atoms with E-state index in [1.54, 1.807) is 13.8 Å². The first-order valence-electron chi connectivity index (χ1n) is 5.79. The Kier molecular flexibility index (Phi) is 4.78. The molecule has 0 aliphatic rings. The van der Waals surface area contributed by atoms with E-state index in [4.69, 9.17) is 5.73 Å². The van der Waals surface area contributed by atoms with Gasteiger partial charge in [0.15, 0.2) is 0 Å². The highest BCUT2D eigenvalue weighted by Gasteiger charge is 2.24. The molecule has 0 radical (unpaired) electrons. The number of nitrogens with two attached hydrogens (primary N) is 1. The van der Waals surface area contributed by atoms with E-state index in [0.29, 0.717) is 5.56 Å². The number of halogens is 2. The maximum Gasteiger partial charge on any atom is 0.221 e. The van der Waals surface area contributed by atoms with Crippen LogP contribution >= 0.6 is 0 Å². The van der Waals surface area contributed by atoms with Gasteiger partial charge in [0.1, 0.15) is 11.6 Å². The zero-order chi connectivity index (χ0) is 13.8. The molecule has 0 spiro atoms. The zero-order valence-electron chi connectivity index (χ0n) is 10.6. The van der Waals surface area contributed by atoms with Crippen LogP contribution in [0.1, 0.15) is 25.8 Å². The highest BCUT2D eigenvalue weighted by molar-refractivity contribution is 5.76. The first-order valence-corrected chi connectivity index (χ1v) is 5.79. The van der Waals surface area contributed by atoms with Crippen molar-refractivity contribution in [2.75, 3.05) is 13.1 Å². The number of hydrogen-bond acceptors (Lipinski definition) is 2. The second-order valence-electron chi connectivity index (χ2n) is 4.82. The Morgan fingerprint density at radius 1 is 1.39 bits per heavy atom. The minimum atomic E-state index is -0.612. The summed E-state index contributed by atoms with van der Waals surface area (Å²) in [6.07, 6.45) is 0.238. The Balaban J connectivity index is 2.76. The maximum absolute atomic E-state index is 13.6. The number of carbonyl (C=O) groups is 1. The number of amides is 1. The highest BCUT2D eigenvalue weighted by Crippen LogP contribution is 2.25.